The molecule has 5 heteroatoms. The van der Waals surface area contributed by atoms with Gasteiger partial charge in [0, 0.05) is 6.42 Å². The van der Waals surface area contributed by atoms with E-state index < -0.39 is 12.1 Å². The van der Waals surface area contributed by atoms with E-state index in [0.29, 0.717) is 12.8 Å². The lowest BCUT2D eigenvalue weighted by atomic mass is 10.1. The number of benzene rings is 3. The molecule has 0 unspecified atom stereocenters. The van der Waals surface area contributed by atoms with Gasteiger partial charge in [0.2, 0.25) is 0 Å². The zero-order chi connectivity index (χ0) is 21.9. The average molecular weight is 415 g/mol. The highest BCUT2D eigenvalue weighted by Crippen LogP contribution is 2.25. The van der Waals surface area contributed by atoms with Gasteiger partial charge in [-0.25, -0.2) is 9.69 Å². The number of carbonyl (C=O) groups is 2. The number of aliphatic carboxylic acids is 1. The van der Waals surface area contributed by atoms with Crippen LogP contribution in [0.5, 0.6) is 0 Å². The minimum absolute atomic E-state index is 0.137. The molecule has 3 rings (SSSR count). The monoisotopic (exact) mass is 415 g/mol. The number of amides is 1. The van der Waals surface area contributed by atoms with Crippen molar-refractivity contribution in [2.24, 2.45) is 0 Å². The zero-order valence-electron chi connectivity index (χ0n) is 17.2. The molecule has 1 N–H and O–H groups in total. The van der Waals surface area contributed by atoms with Gasteiger partial charge in [-0.3, -0.25) is 4.79 Å². The molecule has 0 saturated carbocycles. The number of aryl methyl sites for hydroxylation is 1. The number of carbonyl (C=O) groups excluding carboxylic acids is 1. The molecule has 0 aromatic heterocycles. The van der Waals surface area contributed by atoms with E-state index in [9.17, 15) is 9.59 Å². The number of hydrogen-bond acceptors (Lipinski definition) is 3. The molecule has 0 atom stereocenters. The number of nitrogens with zero attached hydrogens (tertiary/aromatic N) is 1. The van der Waals surface area contributed by atoms with Gasteiger partial charge < -0.3 is 9.84 Å². The van der Waals surface area contributed by atoms with Crippen molar-refractivity contribution in [3.63, 3.8) is 0 Å². The molecule has 0 saturated heterocycles. The predicted octanol–water partition coefficient (Wildman–Crippen LogP) is 6.08. The Morgan fingerprint density at radius 3 is 2.13 bits per heavy atom. The van der Waals surface area contributed by atoms with Crippen LogP contribution in [-0.2, 0) is 16.0 Å². The molecule has 31 heavy (non-hydrogen) atoms. The van der Waals surface area contributed by atoms with Crippen LogP contribution in [0.15, 0.2) is 91.0 Å². The highest BCUT2D eigenvalue weighted by Gasteiger charge is 2.18. The maximum absolute atomic E-state index is 12.8. The Morgan fingerprint density at radius 1 is 0.871 bits per heavy atom. The van der Waals surface area contributed by atoms with Gasteiger partial charge in [0.1, 0.15) is 6.61 Å². The Balaban J connectivity index is 1.60. The van der Waals surface area contributed by atoms with Crippen molar-refractivity contribution in [1.29, 1.82) is 0 Å². The molecule has 0 aliphatic carbocycles. The van der Waals surface area contributed by atoms with Gasteiger partial charge in [0.15, 0.2) is 0 Å². The second-order valence-electron chi connectivity index (χ2n) is 6.98. The summed E-state index contributed by atoms with van der Waals surface area (Å²) in [6.07, 6.45) is 4.71. The van der Waals surface area contributed by atoms with Crippen molar-refractivity contribution in [2.45, 2.75) is 19.3 Å². The zero-order valence-corrected chi connectivity index (χ0v) is 17.2. The Kier molecular flexibility index (Phi) is 8.00. The second kappa shape index (κ2) is 11.4. The van der Waals surface area contributed by atoms with Gasteiger partial charge >= 0.3 is 12.1 Å². The number of carboxylic acid groups (broad SMARTS) is 1. The largest absolute Gasteiger partial charge is 0.481 e. The summed E-state index contributed by atoms with van der Waals surface area (Å²) >= 11 is 0. The molecular weight excluding hydrogens is 390 g/mol. The molecule has 1 amide bonds. The van der Waals surface area contributed by atoms with Gasteiger partial charge in [-0.15, -0.1) is 0 Å². The topological polar surface area (TPSA) is 66.8 Å². The SMILES string of the molecule is O=C(O)CCCc1cccc(/C=C\COC(=O)N(c2ccccc2)c2ccccc2)c1. The van der Waals surface area contributed by atoms with Gasteiger partial charge in [-0.2, -0.15) is 0 Å². The van der Waals surface area contributed by atoms with Crippen LogP contribution in [-0.4, -0.2) is 23.8 Å². The maximum Gasteiger partial charge on any atom is 0.419 e. The van der Waals surface area contributed by atoms with Crippen LogP contribution in [0.4, 0.5) is 16.2 Å². The Bertz CT molecular complexity index is 976. The van der Waals surface area contributed by atoms with Crippen molar-refractivity contribution < 1.29 is 19.4 Å². The first-order valence-electron chi connectivity index (χ1n) is 10.2. The molecule has 5 nitrogen and oxygen atoms in total. The van der Waals surface area contributed by atoms with E-state index in [0.717, 1.165) is 22.5 Å². The summed E-state index contributed by atoms with van der Waals surface area (Å²) in [6, 6.07) is 26.6. The molecule has 0 spiro atoms. The minimum Gasteiger partial charge on any atom is -0.481 e. The van der Waals surface area contributed by atoms with Crippen LogP contribution in [0, 0.1) is 0 Å². The maximum atomic E-state index is 12.8. The Morgan fingerprint density at radius 2 is 1.52 bits per heavy atom. The van der Waals surface area contributed by atoms with Gasteiger partial charge in [-0.1, -0.05) is 66.7 Å². The number of hydrogen-bond donors (Lipinski definition) is 1. The quantitative estimate of drug-likeness (QED) is 0.460. The summed E-state index contributed by atoms with van der Waals surface area (Å²) in [4.78, 5) is 25.0. The van der Waals surface area contributed by atoms with E-state index in [2.05, 4.69) is 0 Å². The van der Waals surface area contributed by atoms with Crippen molar-refractivity contribution in [3.05, 3.63) is 102 Å². The summed E-state index contributed by atoms with van der Waals surface area (Å²) in [5.41, 5.74) is 3.53. The molecule has 0 aliphatic rings. The van der Waals surface area contributed by atoms with Crippen molar-refractivity contribution in [1.82, 2.24) is 0 Å². The molecule has 3 aromatic carbocycles. The van der Waals surface area contributed by atoms with E-state index in [4.69, 9.17) is 9.84 Å². The summed E-state index contributed by atoms with van der Waals surface area (Å²) in [5.74, 6) is -0.780. The van der Waals surface area contributed by atoms with Gasteiger partial charge in [-0.05, 0) is 54.3 Å². The summed E-state index contributed by atoms with van der Waals surface area (Å²) in [5, 5.41) is 8.76. The minimum atomic E-state index is -0.780. The Labute approximate surface area is 182 Å². The van der Waals surface area contributed by atoms with E-state index in [1.165, 1.54) is 4.90 Å². The van der Waals surface area contributed by atoms with Crippen LogP contribution < -0.4 is 4.90 Å². The highest BCUT2D eigenvalue weighted by molar-refractivity contribution is 5.95. The number of anilines is 2. The van der Waals surface area contributed by atoms with E-state index in [1.54, 1.807) is 6.08 Å². The first-order chi connectivity index (χ1) is 15.1. The predicted molar refractivity (Wildman–Crippen MR) is 122 cm³/mol. The standard InChI is InChI=1S/C26H25NO4/c28-25(29)18-8-12-21-10-7-11-22(20-21)13-9-19-31-26(30)27(23-14-3-1-4-15-23)24-16-5-2-6-17-24/h1-7,9-11,13-17,20H,8,12,18-19H2,(H,28,29)/b13-9-. The van der Waals surface area contributed by atoms with Crippen molar-refractivity contribution in [2.75, 3.05) is 11.5 Å². The lowest BCUT2D eigenvalue weighted by Crippen LogP contribution is -2.26. The number of rotatable bonds is 9. The fraction of sp³-hybridized carbons (Fsp3) is 0.154. The molecule has 0 aliphatic heterocycles. The third kappa shape index (κ3) is 6.85. The third-order valence-corrected chi connectivity index (χ3v) is 4.63. The molecule has 158 valence electrons. The number of ether oxygens (including phenoxy) is 1. The highest BCUT2D eigenvalue weighted by atomic mass is 16.6. The molecular formula is C26H25NO4. The van der Waals surface area contributed by atoms with Crippen LogP contribution >= 0.6 is 0 Å². The fourth-order valence-corrected chi connectivity index (χ4v) is 3.18. The lowest BCUT2D eigenvalue weighted by Gasteiger charge is -2.22. The van der Waals surface area contributed by atoms with Crippen LogP contribution in [0.25, 0.3) is 6.08 Å². The van der Waals surface area contributed by atoms with E-state index in [-0.39, 0.29) is 13.0 Å². The van der Waals surface area contributed by atoms with Crippen LogP contribution in [0.2, 0.25) is 0 Å². The number of para-hydroxylation sites is 2. The first kappa shape index (κ1) is 21.8. The first-order valence-corrected chi connectivity index (χ1v) is 10.2. The average Bonchev–Trinajstić information content (AvgIpc) is 2.78. The van der Waals surface area contributed by atoms with Crippen LogP contribution in [0.3, 0.4) is 0 Å². The van der Waals surface area contributed by atoms with Crippen molar-refractivity contribution >= 4 is 29.5 Å². The van der Waals surface area contributed by atoms with Gasteiger partial charge in [0.25, 0.3) is 0 Å². The third-order valence-electron chi connectivity index (χ3n) is 4.63. The summed E-state index contributed by atoms with van der Waals surface area (Å²) in [7, 11) is 0. The fourth-order valence-electron chi connectivity index (χ4n) is 3.18. The Hall–Kier alpha value is -3.86. The molecule has 3 aromatic rings. The lowest BCUT2D eigenvalue weighted by molar-refractivity contribution is -0.137. The summed E-state index contributed by atoms with van der Waals surface area (Å²) < 4.78 is 5.49. The molecule has 0 fully saturated rings. The molecule has 0 bridgehead atoms. The molecule has 0 heterocycles. The second-order valence-corrected chi connectivity index (χ2v) is 6.98. The van der Waals surface area contributed by atoms with E-state index in [1.807, 2.05) is 91.0 Å². The van der Waals surface area contributed by atoms with Crippen LogP contribution in [0.1, 0.15) is 24.0 Å². The smallest absolute Gasteiger partial charge is 0.419 e. The van der Waals surface area contributed by atoms with Gasteiger partial charge in [0.05, 0.1) is 11.4 Å². The normalized spacial score (nSPS) is 10.7. The molecule has 0 radical (unpaired) electrons. The summed E-state index contributed by atoms with van der Waals surface area (Å²) in [6.45, 7) is 0.137. The van der Waals surface area contributed by atoms with E-state index >= 15 is 0 Å². The number of carboxylic acids is 1. The van der Waals surface area contributed by atoms with Crippen molar-refractivity contribution in [3.8, 4) is 0 Å².